The smallest absolute Gasteiger partial charge is 0.334 e. The summed E-state index contributed by atoms with van der Waals surface area (Å²) in [5.74, 6) is -1.12. The number of carbonyl (C=O) groups is 2. The van der Waals surface area contributed by atoms with Crippen molar-refractivity contribution in [3.05, 3.63) is 28.0 Å². The molecule has 0 aliphatic rings. The average Bonchev–Trinajstić information content (AvgIpc) is 2.39. The number of anilines is 1. The number of nitrogens with zero attached hydrogens (tertiary/aromatic N) is 1. The lowest BCUT2D eigenvalue weighted by Crippen LogP contribution is -2.25. The summed E-state index contributed by atoms with van der Waals surface area (Å²) in [6.07, 6.45) is 2.79. The summed E-state index contributed by atoms with van der Waals surface area (Å²) in [5, 5.41) is 0. The van der Waals surface area contributed by atoms with Crippen LogP contribution in [0.1, 0.15) is 39.8 Å². The van der Waals surface area contributed by atoms with Gasteiger partial charge >= 0.3 is 11.9 Å². The molecule has 1 aromatic heterocycles. The summed E-state index contributed by atoms with van der Waals surface area (Å²) in [7, 11) is 0. The van der Waals surface area contributed by atoms with Crippen molar-refractivity contribution in [2.24, 2.45) is 0 Å². The number of hydrogen-bond acceptors (Lipinski definition) is 6. The Morgan fingerprint density at radius 2 is 2.04 bits per heavy atom. The number of halogens is 1. The number of ether oxygens (including phenoxy) is 2. The third-order valence-electron chi connectivity index (χ3n) is 2.52. The van der Waals surface area contributed by atoms with Gasteiger partial charge in [-0.25, -0.2) is 4.79 Å². The first-order valence-electron chi connectivity index (χ1n) is 7.13. The minimum absolute atomic E-state index is 0.141. The maximum absolute atomic E-state index is 12.1. The Morgan fingerprint density at radius 1 is 1.39 bits per heavy atom. The second kappa shape index (κ2) is 8.10. The molecule has 0 spiro atoms. The van der Waals surface area contributed by atoms with Crippen molar-refractivity contribution in [3.8, 4) is 0 Å². The van der Waals surface area contributed by atoms with Crippen LogP contribution >= 0.6 is 15.9 Å². The van der Waals surface area contributed by atoms with Crippen LogP contribution in [0.5, 0.6) is 0 Å². The van der Waals surface area contributed by atoms with Gasteiger partial charge in [0.25, 0.3) is 0 Å². The Labute approximate surface area is 144 Å². The molecule has 0 radical (unpaired) electrons. The first kappa shape index (κ1) is 19.2. The van der Waals surface area contributed by atoms with Crippen molar-refractivity contribution in [2.75, 3.05) is 12.3 Å². The molecule has 1 aromatic rings. The number of rotatable bonds is 5. The fourth-order valence-corrected chi connectivity index (χ4v) is 2.04. The van der Waals surface area contributed by atoms with E-state index in [2.05, 4.69) is 20.9 Å². The summed E-state index contributed by atoms with van der Waals surface area (Å²) >= 11 is 3.26. The van der Waals surface area contributed by atoms with Crippen molar-refractivity contribution in [1.82, 2.24) is 4.98 Å². The lowest BCUT2D eigenvalue weighted by atomic mass is 10.1. The zero-order valence-electron chi connectivity index (χ0n) is 13.7. The number of aromatic nitrogens is 1. The van der Waals surface area contributed by atoms with E-state index in [9.17, 15) is 9.59 Å². The molecule has 126 valence electrons. The van der Waals surface area contributed by atoms with Crippen molar-refractivity contribution in [1.29, 1.82) is 0 Å². The van der Waals surface area contributed by atoms with Crippen LogP contribution in [0.15, 0.2) is 22.3 Å². The van der Waals surface area contributed by atoms with Crippen LogP contribution in [0.3, 0.4) is 0 Å². The Kier molecular flexibility index (Phi) is 6.75. The first-order chi connectivity index (χ1) is 10.6. The molecule has 1 rings (SSSR count). The molecule has 0 atom stereocenters. The highest BCUT2D eigenvalue weighted by molar-refractivity contribution is 9.10. The molecular formula is C16H21BrN2O4. The molecular weight excluding hydrogens is 364 g/mol. The number of carbonyl (C=O) groups excluding carboxylic acids is 2. The van der Waals surface area contributed by atoms with E-state index in [0.717, 1.165) is 4.47 Å². The zero-order chi connectivity index (χ0) is 17.6. The van der Waals surface area contributed by atoms with Gasteiger partial charge in [0, 0.05) is 10.7 Å². The quantitative estimate of drug-likeness (QED) is 0.619. The van der Waals surface area contributed by atoms with Crippen LogP contribution in [-0.4, -0.2) is 29.1 Å². The summed E-state index contributed by atoms with van der Waals surface area (Å²) in [5.41, 5.74) is 6.15. The van der Waals surface area contributed by atoms with E-state index >= 15 is 0 Å². The van der Waals surface area contributed by atoms with E-state index in [1.165, 1.54) is 6.08 Å². The summed E-state index contributed by atoms with van der Waals surface area (Å²) < 4.78 is 10.9. The van der Waals surface area contributed by atoms with Crippen LogP contribution in [0, 0.1) is 0 Å². The van der Waals surface area contributed by atoms with Crippen LogP contribution in [0.25, 0.3) is 6.08 Å². The molecule has 0 fully saturated rings. The van der Waals surface area contributed by atoms with Crippen LogP contribution in [0.4, 0.5) is 5.69 Å². The highest BCUT2D eigenvalue weighted by Gasteiger charge is 2.21. The average molecular weight is 385 g/mol. The minimum atomic E-state index is -0.633. The summed E-state index contributed by atoms with van der Waals surface area (Å²) in [4.78, 5) is 28.2. The summed E-state index contributed by atoms with van der Waals surface area (Å²) in [6.45, 7) is 7.16. The molecule has 0 saturated heterocycles. The van der Waals surface area contributed by atoms with Crippen molar-refractivity contribution < 1.29 is 19.1 Å². The third-order valence-corrected chi connectivity index (χ3v) is 2.95. The molecule has 6 nitrogen and oxygen atoms in total. The zero-order valence-corrected chi connectivity index (χ0v) is 15.3. The maximum Gasteiger partial charge on any atom is 0.334 e. The predicted octanol–water partition coefficient (Wildman–Crippen LogP) is 3.10. The van der Waals surface area contributed by atoms with Gasteiger partial charge in [-0.2, -0.15) is 0 Å². The van der Waals surface area contributed by atoms with Gasteiger partial charge in [0.1, 0.15) is 5.60 Å². The Morgan fingerprint density at radius 3 is 2.57 bits per heavy atom. The normalized spacial score (nSPS) is 12.0. The van der Waals surface area contributed by atoms with E-state index in [-0.39, 0.29) is 18.6 Å². The van der Waals surface area contributed by atoms with Gasteiger partial charge < -0.3 is 15.2 Å². The van der Waals surface area contributed by atoms with E-state index in [1.807, 2.05) is 0 Å². The first-order valence-corrected chi connectivity index (χ1v) is 7.92. The van der Waals surface area contributed by atoms with Gasteiger partial charge in [0.2, 0.25) is 0 Å². The largest absolute Gasteiger partial charge is 0.463 e. The number of hydrogen-bond donors (Lipinski definition) is 1. The molecule has 0 aliphatic heterocycles. The van der Waals surface area contributed by atoms with Gasteiger partial charge in [-0.3, -0.25) is 9.78 Å². The molecule has 23 heavy (non-hydrogen) atoms. The second-order valence-corrected chi connectivity index (χ2v) is 6.70. The second-order valence-electron chi connectivity index (χ2n) is 5.78. The van der Waals surface area contributed by atoms with Gasteiger partial charge in [-0.05, 0) is 55.8 Å². The highest BCUT2D eigenvalue weighted by atomic mass is 79.9. The van der Waals surface area contributed by atoms with Crippen molar-refractivity contribution in [3.63, 3.8) is 0 Å². The lowest BCUT2D eigenvalue weighted by Gasteiger charge is -2.19. The van der Waals surface area contributed by atoms with Gasteiger partial charge in [0.15, 0.2) is 0 Å². The third kappa shape index (κ3) is 6.81. The number of pyridine rings is 1. The molecule has 0 aromatic carbocycles. The molecule has 2 N–H and O–H groups in total. The number of esters is 2. The molecule has 7 heteroatoms. The minimum Gasteiger partial charge on any atom is -0.463 e. The highest BCUT2D eigenvalue weighted by Crippen LogP contribution is 2.20. The molecule has 0 saturated carbocycles. The van der Waals surface area contributed by atoms with E-state index in [4.69, 9.17) is 15.2 Å². The topological polar surface area (TPSA) is 91.5 Å². The van der Waals surface area contributed by atoms with Gasteiger partial charge in [-0.1, -0.05) is 0 Å². The van der Waals surface area contributed by atoms with E-state index in [0.29, 0.717) is 11.4 Å². The Hall–Kier alpha value is -1.89. The fraction of sp³-hybridized carbons (Fsp3) is 0.438. The Balaban J connectivity index is 3.07. The molecule has 0 bridgehead atoms. The lowest BCUT2D eigenvalue weighted by molar-refractivity contribution is -0.155. The molecule has 0 unspecified atom stereocenters. The summed E-state index contributed by atoms with van der Waals surface area (Å²) in [6, 6.07) is 1.66. The van der Waals surface area contributed by atoms with Crippen LogP contribution in [-0.2, 0) is 19.1 Å². The monoisotopic (exact) mass is 384 g/mol. The molecule has 0 aliphatic carbocycles. The molecule has 0 amide bonds. The standard InChI is InChI=1S/C16H21BrN2O4/c1-5-22-15(21)10(7-14(20)23-16(2,3)4)6-13-12(18)8-11(17)9-19-13/h6,8-9H,5,7,18H2,1-4H3/b10-6+. The van der Waals surface area contributed by atoms with Gasteiger partial charge in [-0.15, -0.1) is 0 Å². The van der Waals surface area contributed by atoms with Crippen LogP contribution < -0.4 is 5.73 Å². The fourth-order valence-electron chi connectivity index (χ4n) is 1.69. The van der Waals surface area contributed by atoms with Gasteiger partial charge in [0.05, 0.1) is 30.0 Å². The Bertz CT molecular complexity index is 621. The SMILES string of the molecule is CCOC(=O)/C(=C/c1ncc(Br)cc1N)CC(=O)OC(C)(C)C. The van der Waals surface area contributed by atoms with Crippen LogP contribution in [0.2, 0.25) is 0 Å². The van der Waals surface area contributed by atoms with E-state index in [1.54, 1.807) is 40.0 Å². The number of nitrogens with two attached hydrogens (primary N) is 1. The van der Waals surface area contributed by atoms with E-state index < -0.39 is 17.5 Å². The maximum atomic E-state index is 12.1. The van der Waals surface area contributed by atoms with Crippen molar-refractivity contribution >= 4 is 39.6 Å². The molecule has 1 heterocycles. The predicted molar refractivity (Wildman–Crippen MR) is 91.4 cm³/mol. The van der Waals surface area contributed by atoms with Crippen molar-refractivity contribution in [2.45, 2.75) is 39.7 Å². The number of nitrogen functional groups attached to an aromatic ring is 1.